The van der Waals surface area contributed by atoms with E-state index in [2.05, 4.69) is 33.3 Å². The second-order valence-corrected chi connectivity index (χ2v) is 8.87. The van der Waals surface area contributed by atoms with Crippen molar-refractivity contribution in [2.45, 2.75) is 32.6 Å². The maximum absolute atomic E-state index is 14.0. The quantitative estimate of drug-likeness (QED) is 0.0794. The van der Waals surface area contributed by atoms with Gasteiger partial charge in [0.25, 0.3) is 0 Å². The van der Waals surface area contributed by atoms with Gasteiger partial charge in [0.05, 0.1) is 25.6 Å². The molecule has 0 heterocycles. The summed E-state index contributed by atoms with van der Waals surface area (Å²) in [6.07, 6.45) is -2.27. The number of methoxy groups -OCH3 is 1. The molecule has 0 bridgehead atoms. The van der Waals surface area contributed by atoms with Crippen molar-refractivity contribution < 1.29 is 74.8 Å². The number of nitrogens with one attached hydrogen (secondary N) is 2. The topological polar surface area (TPSA) is 182 Å². The van der Waals surface area contributed by atoms with Crippen LogP contribution in [0, 0.1) is 5.41 Å². The van der Waals surface area contributed by atoms with Gasteiger partial charge in [0, 0.05) is 11.1 Å². The van der Waals surface area contributed by atoms with Crippen molar-refractivity contribution in [3.05, 3.63) is 24.3 Å². The molecule has 0 radical (unpaired) electrons. The molecule has 0 aliphatic rings. The summed E-state index contributed by atoms with van der Waals surface area (Å²) in [7, 11) is 0.397. The predicted octanol–water partition coefficient (Wildman–Crippen LogP) is 1.67. The summed E-state index contributed by atoms with van der Waals surface area (Å²) in [6.45, 7) is 6.86. The summed E-state index contributed by atoms with van der Waals surface area (Å²) in [5.74, 6) is -18.2. The first-order chi connectivity index (χ1) is 19.3. The molecule has 2 amide bonds. The van der Waals surface area contributed by atoms with Crippen LogP contribution in [0.15, 0.2) is 24.3 Å². The molecular formula is C24H32F4N2O12. The largest absolute Gasteiger partial charge is 0.464 e. The number of hydrogen-bond donors (Lipinski definition) is 2. The van der Waals surface area contributed by atoms with Gasteiger partial charge in [-0.1, -0.05) is 13.2 Å². The molecule has 0 rings (SSSR count). The van der Waals surface area contributed by atoms with Crippen LogP contribution in [0.4, 0.5) is 27.2 Å². The Labute approximate surface area is 237 Å². The summed E-state index contributed by atoms with van der Waals surface area (Å²) in [5.41, 5.74) is -1.59. The van der Waals surface area contributed by atoms with E-state index in [4.69, 9.17) is 18.9 Å². The highest BCUT2D eigenvalue weighted by molar-refractivity contribution is 5.90. The van der Waals surface area contributed by atoms with Crippen molar-refractivity contribution in [1.82, 2.24) is 10.6 Å². The van der Waals surface area contributed by atoms with Crippen molar-refractivity contribution >= 4 is 36.1 Å². The smallest absolute Gasteiger partial charge is 0.415 e. The maximum atomic E-state index is 14.0. The highest BCUT2D eigenvalue weighted by atomic mass is 19.3. The third kappa shape index (κ3) is 12.4. The zero-order valence-corrected chi connectivity index (χ0v) is 23.3. The lowest BCUT2D eigenvalue weighted by molar-refractivity contribution is -0.238. The Kier molecular flexibility index (Phi) is 15.0. The van der Waals surface area contributed by atoms with Gasteiger partial charge in [-0.15, -0.1) is 0 Å². The van der Waals surface area contributed by atoms with E-state index in [9.17, 15) is 46.3 Å². The SMILES string of the molecule is C=C(C)C(=O)OCCNC(=O)OCC(C)(COC(=O)NCCOC(=O)C(=C)C)COC(=O)C(F)(F)C(F)(F)C(=O)OC. The van der Waals surface area contributed by atoms with Crippen LogP contribution in [0.1, 0.15) is 20.8 Å². The van der Waals surface area contributed by atoms with Gasteiger partial charge < -0.3 is 39.1 Å². The molecule has 42 heavy (non-hydrogen) atoms. The number of alkyl halides is 4. The lowest BCUT2D eigenvalue weighted by atomic mass is 9.94. The van der Waals surface area contributed by atoms with Crippen LogP contribution in [0.2, 0.25) is 0 Å². The Bertz CT molecular complexity index is 998. The van der Waals surface area contributed by atoms with Gasteiger partial charge in [-0.2, -0.15) is 17.6 Å². The zero-order valence-electron chi connectivity index (χ0n) is 23.3. The predicted molar refractivity (Wildman–Crippen MR) is 131 cm³/mol. The summed E-state index contributed by atoms with van der Waals surface area (Å²) < 4.78 is 82.6. The van der Waals surface area contributed by atoms with Gasteiger partial charge in [0.2, 0.25) is 0 Å². The van der Waals surface area contributed by atoms with Gasteiger partial charge in [0.15, 0.2) is 0 Å². The Morgan fingerprint density at radius 1 is 0.643 bits per heavy atom. The first-order valence-corrected chi connectivity index (χ1v) is 11.8. The van der Waals surface area contributed by atoms with Crippen molar-refractivity contribution in [3.8, 4) is 0 Å². The standard InChI is InChI=1S/C24H32F4N2O12/c1-14(2)16(31)38-9-7-29-20(35)41-12-22(5,13-42-21(36)30-8-10-39-17(32)15(3)4)11-40-19(34)24(27,28)23(25,26)18(33)37-6/h1,3,7-13H2,2,4-6H3,(H,29,35)(H,30,36). The van der Waals surface area contributed by atoms with Crippen molar-refractivity contribution in [1.29, 1.82) is 0 Å². The average molecular weight is 617 g/mol. The van der Waals surface area contributed by atoms with Gasteiger partial charge in [0.1, 0.15) is 33.0 Å². The Morgan fingerprint density at radius 2 is 1.00 bits per heavy atom. The third-order valence-electron chi connectivity index (χ3n) is 4.65. The molecule has 0 aromatic carbocycles. The molecule has 2 N–H and O–H groups in total. The molecule has 0 aliphatic heterocycles. The van der Waals surface area contributed by atoms with Crippen LogP contribution in [0.3, 0.4) is 0 Å². The molecule has 18 heteroatoms. The zero-order chi connectivity index (χ0) is 32.7. The number of carbonyl (C=O) groups is 6. The maximum Gasteiger partial charge on any atom is 0.415 e. The van der Waals surface area contributed by atoms with Crippen LogP contribution in [0.5, 0.6) is 0 Å². The minimum Gasteiger partial charge on any atom is -0.464 e. The van der Waals surface area contributed by atoms with Crippen molar-refractivity contribution in [2.75, 3.05) is 53.2 Å². The lowest BCUT2D eigenvalue weighted by Crippen LogP contribution is -2.54. The van der Waals surface area contributed by atoms with Gasteiger partial charge in [-0.3, -0.25) is 0 Å². The number of rotatable bonds is 17. The summed E-state index contributed by atoms with van der Waals surface area (Å²) in [6, 6.07) is 0. The molecular weight excluding hydrogens is 584 g/mol. The number of hydrogen-bond acceptors (Lipinski definition) is 12. The van der Waals surface area contributed by atoms with E-state index < -0.39 is 73.1 Å². The number of carbonyl (C=O) groups excluding carboxylic acids is 6. The highest BCUT2D eigenvalue weighted by Crippen LogP contribution is 2.37. The normalized spacial score (nSPS) is 11.3. The Morgan fingerprint density at radius 3 is 1.36 bits per heavy atom. The fourth-order valence-electron chi connectivity index (χ4n) is 2.26. The Hall–Kier alpha value is -4.38. The minimum absolute atomic E-state index is 0.106. The van der Waals surface area contributed by atoms with Crippen LogP contribution >= 0.6 is 0 Å². The van der Waals surface area contributed by atoms with E-state index in [1.807, 2.05) is 0 Å². The molecule has 14 nitrogen and oxygen atoms in total. The van der Waals surface area contributed by atoms with Gasteiger partial charge in [-0.25, -0.2) is 28.8 Å². The number of alkyl carbamates (subject to hydrolysis) is 2. The van der Waals surface area contributed by atoms with E-state index in [1.165, 1.54) is 13.8 Å². The van der Waals surface area contributed by atoms with E-state index in [0.717, 1.165) is 6.92 Å². The molecule has 0 unspecified atom stereocenters. The summed E-state index contributed by atoms with van der Waals surface area (Å²) in [5, 5.41) is 4.36. The molecule has 0 aliphatic carbocycles. The van der Waals surface area contributed by atoms with E-state index in [-0.39, 0.29) is 37.4 Å². The molecule has 0 atom stereocenters. The van der Waals surface area contributed by atoms with E-state index in [1.54, 1.807) is 0 Å². The first kappa shape index (κ1) is 37.6. The fourth-order valence-corrected chi connectivity index (χ4v) is 2.26. The van der Waals surface area contributed by atoms with Crippen molar-refractivity contribution in [3.63, 3.8) is 0 Å². The average Bonchev–Trinajstić information content (AvgIpc) is 2.92. The fraction of sp³-hybridized carbons (Fsp3) is 0.583. The monoisotopic (exact) mass is 616 g/mol. The Balaban J connectivity index is 5.28. The highest BCUT2D eigenvalue weighted by Gasteiger charge is 2.69. The number of amides is 2. The van der Waals surface area contributed by atoms with Crippen LogP contribution in [0.25, 0.3) is 0 Å². The van der Waals surface area contributed by atoms with Gasteiger partial charge in [-0.05, 0) is 20.8 Å². The molecule has 0 spiro atoms. The first-order valence-electron chi connectivity index (χ1n) is 11.8. The summed E-state index contributed by atoms with van der Waals surface area (Å²) >= 11 is 0. The second kappa shape index (κ2) is 16.8. The van der Waals surface area contributed by atoms with Crippen molar-refractivity contribution in [2.24, 2.45) is 5.41 Å². The molecule has 0 fully saturated rings. The van der Waals surface area contributed by atoms with Crippen LogP contribution in [-0.4, -0.2) is 101 Å². The molecule has 0 saturated heterocycles. The lowest BCUT2D eigenvalue weighted by Gasteiger charge is -2.29. The van der Waals surface area contributed by atoms with E-state index in [0.29, 0.717) is 7.11 Å². The molecule has 0 aromatic heterocycles. The number of ether oxygens (including phenoxy) is 6. The van der Waals surface area contributed by atoms with Crippen LogP contribution < -0.4 is 10.6 Å². The second-order valence-electron chi connectivity index (χ2n) is 8.87. The number of halogens is 4. The molecule has 0 saturated carbocycles. The molecule has 238 valence electrons. The minimum atomic E-state index is -5.65. The summed E-state index contributed by atoms with van der Waals surface area (Å²) in [4.78, 5) is 69.5. The van der Waals surface area contributed by atoms with E-state index >= 15 is 0 Å². The third-order valence-corrected chi connectivity index (χ3v) is 4.65. The van der Waals surface area contributed by atoms with Gasteiger partial charge >= 0.3 is 47.9 Å². The molecule has 0 aromatic rings. The van der Waals surface area contributed by atoms with Crippen LogP contribution in [-0.2, 0) is 47.6 Å². The number of esters is 4.